The van der Waals surface area contributed by atoms with E-state index in [1.807, 2.05) is 0 Å². The average molecular weight is 330 g/mol. The molecule has 0 saturated carbocycles. The summed E-state index contributed by atoms with van der Waals surface area (Å²) in [7, 11) is 0. The highest BCUT2D eigenvalue weighted by Gasteiger charge is 2.24. The van der Waals surface area contributed by atoms with Crippen LogP contribution in [0.3, 0.4) is 0 Å². The minimum Gasteiger partial charge on any atom is -0.462 e. The van der Waals surface area contributed by atoms with Crippen LogP contribution in [0.25, 0.3) is 21.9 Å². The minimum absolute atomic E-state index is 0.278. The number of rotatable bonds is 4. The first-order chi connectivity index (χ1) is 11.5. The predicted octanol–water partition coefficient (Wildman–Crippen LogP) is 4.15. The Balaban J connectivity index is 2.24. The van der Waals surface area contributed by atoms with Crippen molar-refractivity contribution in [2.75, 3.05) is 13.2 Å². The van der Waals surface area contributed by atoms with Crippen molar-refractivity contribution in [1.82, 2.24) is 0 Å². The monoisotopic (exact) mass is 330 g/mol. The molecular weight excluding hydrogens is 312 g/mol. The quantitative estimate of drug-likeness (QED) is 0.669. The number of fused-ring (bicyclic) bond motifs is 2. The molecule has 1 aromatic carbocycles. The Morgan fingerprint density at radius 2 is 1.21 bits per heavy atom. The molecule has 0 bridgehead atoms. The third kappa shape index (κ3) is 2.44. The number of benzene rings is 1. The van der Waals surface area contributed by atoms with E-state index in [1.165, 1.54) is 0 Å². The lowest BCUT2D eigenvalue weighted by atomic mass is 10.1. The Hall–Kier alpha value is -2.76. The lowest BCUT2D eigenvalue weighted by Gasteiger charge is -2.01. The van der Waals surface area contributed by atoms with E-state index < -0.39 is 11.9 Å². The van der Waals surface area contributed by atoms with E-state index >= 15 is 0 Å². The SMILES string of the molecule is CCOC(=O)c1c(C)oc2cc3c(C(=O)OCC)c(C)oc3cc12. The Labute approximate surface area is 138 Å². The molecule has 6 heteroatoms. The molecule has 2 heterocycles. The molecule has 0 amide bonds. The van der Waals surface area contributed by atoms with Crippen LogP contribution in [-0.2, 0) is 9.47 Å². The van der Waals surface area contributed by atoms with Crippen molar-refractivity contribution in [1.29, 1.82) is 0 Å². The average Bonchev–Trinajstić information content (AvgIpc) is 2.99. The van der Waals surface area contributed by atoms with E-state index in [0.717, 1.165) is 0 Å². The van der Waals surface area contributed by atoms with Gasteiger partial charge in [-0.05, 0) is 39.8 Å². The molecular formula is C18H18O6. The fourth-order valence-electron chi connectivity index (χ4n) is 2.84. The summed E-state index contributed by atoms with van der Waals surface area (Å²) < 4.78 is 21.5. The van der Waals surface area contributed by atoms with Crippen LogP contribution in [0, 0.1) is 13.8 Å². The number of carbonyl (C=O) groups excluding carboxylic acids is 2. The van der Waals surface area contributed by atoms with E-state index in [-0.39, 0.29) is 13.2 Å². The summed E-state index contributed by atoms with van der Waals surface area (Å²) in [6, 6.07) is 3.40. The molecule has 3 aromatic rings. The summed E-state index contributed by atoms with van der Waals surface area (Å²) in [5, 5.41) is 1.20. The second-order valence-corrected chi connectivity index (χ2v) is 5.35. The Kier molecular flexibility index (Phi) is 4.05. The molecule has 0 radical (unpaired) electrons. The molecule has 0 saturated heterocycles. The molecule has 0 atom stereocenters. The highest BCUT2D eigenvalue weighted by molar-refractivity contribution is 6.12. The fourth-order valence-corrected chi connectivity index (χ4v) is 2.84. The van der Waals surface area contributed by atoms with Crippen molar-refractivity contribution in [2.45, 2.75) is 27.7 Å². The summed E-state index contributed by atoms with van der Waals surface area (Å²) >= 11 is 0. The van der Waals surface area contributed by atoms with Crippen LogP contribution in [0.5, 0.6) is 0 Å². The standard InChI is InChI=1S/C18H18O6/c1-5-21-17(19)15-9(3)23-13-8-12-14(7-11(13)15)24-10(4)16(12)18(20)22-6-2/h7-8H,5-6H2,1-4H3. The normalized spacial score (nSPS) is 11.2. The van der Waals surface area contributed by atoms with Gasteiger partial charge in [0.1, 0.15) is 33.8 Å². The number of esters is 2. The molecule has 126 valence electrons. The molecule has 0 spiro atoms. The maximum absolute atomic E-state index is 12.2. The third-order valence-corrected chi connectivity index (χ3v) is 3.81. The van der Waals surface area contributed by atoms with E-state index in [2.05, 4.69) is 0 Å². The van der Waals surface area contributed by atoms with E-state index in [4.69, 9.17) is 18.3 Å². The van der Waals surface area contributed by atoms with Crippen LogP contribution in [0.2, 0.25) is 0 Å². The van der Waals surface area contributed by atoms with Gasteiger partial charge in [0.25, 0.3) is 0 Å². The van der Waals surface area contributed by atoms with Crippen molar-refractivity contribution < 1.29 is 27.9 Å². The fraction of sp³-hybridized carbons (Fsp3) is 0.333. The van der Waals surface area contributed by atoms with Crippen molar-refractivity contribution in [2.24, 2.45) is 0 Å². The van der Waals surface area contributed by atoms with Crippen LogP contribution in [0.4, 0.5) is 0 Å². The van der Waals surface area contributed by atoms with E-state index in [9.17, 15) is 9.59 Å². The Morgan fingerprint density at radius 3 is 1.54 bits per heavy atom. The molecule has 6 nitrogen and oxygen atoms in total. The molecule has 0 aliphatic heterocycles. The zero-order valence-electron chi connectivity index (χ0n) is 14.0. The molecule has 0 N–H and O–H groups in total. The van der Waals surface area contributed by atoms with Gasteiger partial charge in [-0.15, -0.1) is 0 Å². The minimum atomic E-state index is -0.443. The van der Waals surface area contributed by atoms with Gasteiger partial charge >= 0.3 is 11.9 Å². The lowest BCUT2D eigenvalue weighted by molar-refractivity contribution is 0.0516. The summed E-state index contributed by atoms with van der Waals surface area (Å²) in [5.41, 5.74) is 1.74. The number of aryl methyl sites for hydroxylation is 2. The first-order valence-corrected chi connectivity index (χ1v) is 7.78. The van der Waals surface area contributed by atoms with Crippen molar-refractivity contribution in [3.63, 3.8) is 0 Å². The highest BCUT2D eigenvalue weighted by Crippen LogP contribution is 2.34. The number of carbonyl (C=O) groups is 2. The van der Waals surface area contributed by atoms with Gasteiger partial charge in [0.05, 0.1) is 13.2 Å². The van der Waals surface area contributed by atoms with Gasteiger partial charge in [-0.25, -0.2) is 9.59 Å². The molecule has 2 aromatic heterocycles. The second-order valence-electron chi connectivity index (χ2n) is 5.35. The smallest absolute Gasteiger partial charge is 0.342 e. The van der Waals surface area contributed by atoms with Crippen LogP contribution < -0.4 is 0 Å². The predicted molar refractivity (Wildman–Crippen MR) is 87.4 cm³/mol. The van der Waals surface area contributed by atoms with Crippen LogP contribution in [-0.4, -0.2) is 25.2 Å². The van der Waals surface area contributed by atoms with Gasteiger partial charge in [-0.3, -0.25) is 0 Å². The van der Waals surface area contributed by atoms with Crippen molar-refractivity contribution >= 4 is 33.9 Å². The molecule has 3 rings (SSSR count). The topological polar surface area (TPSA) is 78.9 Å². The maximum Gasteiger partial charge on any atom is 0.342 e. The van der Waals surface area contributed by atoms with Gasteiger partial charge in [-0.2, -0.15) is 0 Å². The zero-order chi connectivity index (χ0) is 17.4. The van der Waals surface area contributed by atoms with E-state index in [1.54, 1.807) is 39.8 Å². The summed E-state index contributed by atoms with van der Waals surface area (Å²) in [5.74, 6) is 0.0417. The van der Waals surface area contributed by atoms with Crippen molar-refractivity contribution in [3.05, 3.63) is 34.8 Å². The van der Waals surface area contributed by atoms with Gasteiger partial charge in [0.2, 0.25) is 0 Å². The molecule has 0 aliphatic carbocycles. The summed E-state index contributed by atoms with van der Waals surface area (Å²) in [6.07, 6.45) is 0. The molecule has 0 unspecified atom stereocenters. The number of furan rings is 2. The van der Waals surface area contributed by atoms with E-state index in [0.29, 0.717) is 44.6 Å². The van der Waals surface area contributed by atoms with Crippen LogP contribution in [0.15, 0.2) is 21.0 Å². The van der Waals surface area contributed by atoms with Crippen LogP contribution >= 0.6 is 0 Å². The Bertz CT molecular complexity index is 865. The number of hydrogen-bond donors (Lipinski definition) is 0. The first-order valence-electron chi connectivity index (χ1n) is 7.78. The lowest BCUT2D eigenvalue weighted by Crippen LogP contribution is -2.05. The number of hydrogen-bond acceptors (Lipinski definition) is 6. The van der Waals surface area contributed by atoms with Crippen molar-refractivity contribution in [3.8, 4) is 0 Å². The summed E-state index contributed by atoms with van der Waals surface area (Å²) in [6.45, 7) is 7.45. The second kappa shape index (κ2) is 6.03. The van der Waals surface area contributed by atoms with Gasteiger partial charge in [-0.1, -0.05) is 0 Å². The Morgan fingerprint density at radius 1 is 0.833 bits per heavy atom. The third-order valence-electron chi connectivity index (χ3n) is 3.81. The first kappa shape index (κ1) is 16.1. The molecule has 0 fully saturated rings. The highest BCUT2D eigenvalue weighted by atomic mass is 16.5. The van der Waals surface area contributed by atoms with Gasteiger partial charge in [0, 0.05) is 10.8 Å². The number of ether oxygens (including phenoxy) is 2. The van der Waals surface area contributed by atoms with Crippen LogP contribution in [0.1, 0.15) is 46.1 Å². The molecule has 24 heavy (non-hydrogen) atoms. The maximum atomic E-state index is 12.2. The van der Waals surface area contributed by atoms with Gasteiger partial charge < -0.3 is 18.3 Å². The molecule has 0 aliphatic rings. The zero-order valence-corrected chi connectivity index (χ0v) is 14.0. The van der Waals surface area contributed by atoms with Gasteiger partial charge in [0.15, 0.2) is 0 Å². The largest absolute Gasteiger partial charge is 0.462 e. The summed E-state index contributed by atoms with van der Waals surface area (Å²) in [4.78, 5) is 24.3.